The largest absolute Gasteiger partial charge is 0.507 e. The number of phenols is 1. The first-order valence-corrected chi connectivity index (χ1v) is 10.3. The molecular weight excluding hydrogens is 380 g/mol. The lowest BCUT2D eigenvalue weighted by Gasteiger charge is -2.10. The first-order valence-electron chi connectivity index (χ1n) is 10.3. The van der Waals surface area contributed by atoms with Crippen molar-refractivity contribution in [1.29, 1.82) is 0 Å². The molecule has 4 heterocycles. The van der Waals surface area contributed by atoms with Gasteiger partial charge in [0.25, 0.3) is 0 Å². The number of carbonyl (C=O) groups excluding carboxylic acids is 1. The predicted octanol–water partition coefficient (Wildman–Crippen LogP) is 3.63. The smallest absolute Gasteiger partial charge is 0.245 e. The molecule has 1 atom stereocenters. The summed E-state index contributed by atoms with van der Waals surface area (Å²) in [7, 11) is 0. The molecule has 3 aromatic rings. The number of aromatic nitrogens is 3. The van der Waals surface area contributed by atoms with E-state index in [0.717, 1.165) is 56.6 Å². The Balaban J connectivity index is 0.000000204. The van der Waals surface area contributed by atoms with E-state index in [1.165, 1.54) is 11.6 Å². The van der Waals surface area contributed by atoms with Gasteiger partial charge in [-0.1, -0.05) is 18.7 Å². The number of nitrogens with one attached hydrogen (secondary N) is 1. The lowest BCUT2D eigenvalue weighted by molar-refractivity contribution is -0.124. The standard InChI is InChI=1S/C16H15N3O2.C7H11NO/c20-15-4-2-1-3-11(15)14-7-12-13(10-5-6-21-9-10)8-17-16(12)19-18-14;1-2-7(9)8-5-3-4-6-8/h1-4,7-8,10,20H,5-6,9H2,(H,17,19);2H,1,3-6H2. The van der Waals surface area contributed by atoms with E-state index in [4.69, 9.17) is 4.74 Å². The van der Waals surface area contributed by atoms with E-state index in [1.807, 2.05) is 29.3 Å². The van der Waals surface area contributed by atoms with E-state index < -0.39 is 0 Å². The van der Waals surface area contributed by atoms with Crippen LogP contribution in [0.5, 0.6) is 5.75 Å². The zero-order valence-corrected chi connectivity index (χ0v) is 16.9. The molecule has 1 aromatic carbocycles. The Morgan fingerprint density at radius 2 is 2.07 bits per heavy atom. The highest BCUT2D eigenvalue weighted by Gasteiger charge is 2.22. The van der Waals surface area contributed by atoms with E-state index in [9.17, 15) is 9.90 Å². The van der Waals surface area contributed by atoms with Crippen LogP contribution in [-0.4, -0.2) is 57.4 Å². The van der Waals surface area contributed by atoms with Crippen molar-refractivity contribution in [1.82, 2.24) is 20.1 Å². The van der Waals surface area contributed by atoms with Crippen molar-refractivity contribution < 1.29 is 14.6 Å². The molecule has 2 aromatic heterocycles. The summed E-state index contributed by atoms with van der Waals surface area (Å²) in [6.07, 6.45) is 6.71. The van der Waals surface area contributed by atoms with Crippen molar-refractivity contribution in [2.45, 2.75) is 25.2 Å². The van der Waals surface area contributed by atoms with Crippen LogP contribution in [0, 0.1) is 0 Å². The summed E-state index contributed by atoms with van der Waals surface area (Å²) in [6.45, 7) is 6.82. The molecule has 30 heavy (non-hydrogen) atoms. The molecule has 0 aliphatic carbocycles. The molecule has 1 unspecified atom stereocenters. The fourth-order valence-electron chi connectivity index (χ4n) is 3.95. The Morgan fingerprint density at radius 3 is 2.77 bits per heavy atom. The van der Waals surface area contributed by atoms with Gasteiger partial charge in [0.1, 0.15) is 5.75 Å². The van der Waals surface area contributed by atoms with Crippen molar-refractivity contribution >= 4 is 16.9 Å². The lowest BCUT2D eigenvalue weighted by Crippen LogP contribution is -2.25. The highest BCUT2D eigenvalue weighted by Crippen LogP contribution is 2.33. The Kier molecular flexibility index (Phi) is 6.09. The van der Waals surface area contributed by atoms with E-state index in [-0.39, 0.29) is 11.7 Å². The first-order chi connectivity index (χ1) is 14.7. The summed E-state index contributed by atoms with van der Waals surface area (Å²) in [4.78, 5) is 15.8. The van der Waals surface area contributed by atoms with Gasteiger partial charge < -0.3 is 19.7 Å². The summed E-state index contributed by atoms with van der Waals surface area (Å²) < 4.78 is 5.47. The number of ether oxygens (including phenoxy) is 1. The highest BCUT2D eigenvalue weighted by atomic mass is 16.5. The molecule has 7 heteroatoms. The molecule has 2 fully saturated rings. The van der Waals surface area contributed by atoms with Gasteiger partial charge in [0, 0.05) is 42.8 Å². The number of aromatic hydroxyl groups is 1. The maximum absolute atomic E-state index is 10.8. The maximum atomic E-state index is 10.8. The summed E-state index contributed by atoms with van der Waals surface area (Å²) >= 11 is 0. The van der Waals surface area contributed by atoms with Gasteiger partial charge >= 0.3 is 0 Å². The molecule has 0 bridgehead atoms. The van der Waals surface area contributed by atoms with E-state index in [0.29, 0.717) is 17.2 Å². The number of aromatic amines is 1. The first kappa shape index (κ1) is 20.1. The minimum atomic E-state index is 0.0764. The molecule has 0 saturated carbocycles. The second-order valence-electron chi connectivity index (χ2n) is 7.55. The fourth-order valence-corrected chi connectivity index (χ4v) is 3.95. The Hall–Kier alpha value is -3.19. The van der Waals surface area contributed by atoms with Crippen LogP contribution in [0.1, 0.15) is 30.7 Å². The second kappa shape index (κ2) is 9.09. The van der Waals surface area contributed by atoms with Crippen LogP contribution in [-0.2, 0) is 9.53 Å². The van der Waals surface area contributed by atoms with Crippen LogP contribution < -0.4 is 0 Å². The average Bonchev–Trinajstić information content (AvgIpc) is 3.55. The van der Waals surface area contributed by atoms with Crippen molar-refractivity contribution in [3.05, 3.63) is 54.7 Å². The van der Waals surface area contributed by atoms with E-state index in [2.05, 4.69) is 21.8 Å². The van der Waals surface area contributed by atoms with Crippen molar-refractivity contribution in [2.75, 3.05) is 26.3 Å². The average molecular weight is 406 g/mol. The van der Waals surface area contributed by atoms with Gasteiger partial charge in [-0.3, -0.25) is 4.79 Å². The third-order valence-electron chi connectivity index (χ3n) is 5.61. The number of likely N-dealkylation sites (tertiary alicyclic amines) is 1. The summed E-state index contributed by atoms with van der Waals surface area (Å²) in [5.74, 6) is 0.695. The normalized spacial score (nSPS) is 18.3. The molecule has 7 nitrogen and oxygen atoms in total. The summed E-state index contributed by atoms with van der Waals surface area (Å²) in [5, 5.41) is 19.5. The molecule has 2 saturated heterocycles. The van der Waals surface area contributed by atoms with Crippen LogP contribution in [0.15, 0.2) is 49.2 Å². The van der Waals surface area contributed by atoms with E-state index in [1.54, 1.807) is 12.1 Å². The van der Waals surface area contributed by atoms with Crippen molar-refractivity contribution in [2.24, 2.45) is 0 Å². The van der Waals surface area contributed by atoms with Gasteiger partial charge in [-0.05, 0) is 49.1 Å². The molecular formula is C23H26N4O3. The fraction of sp³-hybridized carbons (Fsp3) is 0.348. The lowest BCUT2D eigenvalue weighted by atomic mass is 9.98. The molecule has 0 spiro atoms. The Morgan fingerprint density at radius 1 is 1.27 bits per heavy atom. The minimum absolute atomic E-state index is 0.0764. The van der Waals surface area contributed by atoms with Crippen molar-refractivity contribution in [3.63, 3.8) is 0 Å². The second-order valence-corrected chi connectivity index (χ2v) is 7.55. The van der Waals surface area contributed by atoms with Gasteiger partial charge in [-0.15, -0.1) is 10.2 Å². The molecule has 2 aliphatic heterocycles. The number of H-pyrrole nitrogens is 1. The van der Waals surface area contributed by atoms with Crippen molar-refractivity contribution in [3.8, 4) is 17.0 Å². The highest BCUT2D eigenvalue weighted by molar-refractivity contribution is 5.87. The third kappa shape index (κ3) is 4.21. The van der Waals surface area contributed by atoms with Gasteiger partial charge in [0.15, 0.2) is 5.65 Å². The number of phenolic OH excluding ortho intramolecular Hbond substituents is 1. The molecule has 1 amide bonds. The number of hydrogen-bond acceptors (Lipinski definition) is 5. The molecule has 156 valence electrons. The zero-order chi connectivity index (χ0) is 20.9. The maximum Gasteiger partial charge on any atom is 0.245 e. The topological polar surface area (TPSA) is 91.3 Å². The SMILES string of the molecule is C=CC(=O)N1CCCC1.Oc1ccccc1-c1cc2c(C3CCOC3)c[nH]c2nn1. The summed E-state index contributed by atoms with van der Waals surface area (Å²) in [6, 6.07) is 9.16. The Bertz CT molecular complexity index is 1030. The van der Waals surface area contributed by atoms with Crippen LogP contribution in [0.3, 0.4) is 0 Å². The van der Waals surface area contributed by atoms with E-state index >= 15 is 0 Å². The van der Waals surface area contributed by atoms with Gasteiger partial charge in [0.2, 0.25) is 5.91 Å². The van der Waals surface area contributed by atoms with Crippen LogP contribution in [0.25, 0.3) is 22.3 Å². The van der Waals surface area contributed by atoms with Gasteiger partial charge in [-0.2, -0.15) is 0 Å². The molecule has 5 rings (SSSR count). The summed E-state index contributed by atoms with van der Waals surface area (Å²) in [5.41, 5.74) is 3.37. The van der Waals surface area contributed by atoms with Gasteiger partial charge in [0.05, 0.1) is 12.3 Å². The zero-order valence-electron chi connectivity index (χ0n) is 16.9. The number of hydrogen-bond donors (Lipinski definition) is 2. The van der Waals surface area contributed by atoms with Crippen LogP contribution in [0.2, 0.25) is 0 Å². The minimum Gasteiger partial charge on any atom is -0.507 e. The number of fused-ring (bicyclic) bond motifs is 1. The Labute approximate surface area is 175 Å². The van der Waals surface area contributed by atoms with Gasteiger partial charge in [-0.25, -0.2) is 0 Å². The molecule has 2 aliphatic rings. The molecule has 0 radical (unpaired) electrons. The van der Waals surface area contributed by atoms with Crippen LogP contribution in [0.4, 0.5) is 0 Å². The monoisotopic (exact) mass is 406 g/mol. The number of carbonyl (C=O) groups is 1. The molecule has 2 N–H and O–H groups in total. The number of nitrogens with zero attached hydrogens (tertiary/aromatic N) is 3. The number of para-hydroxylation sites is 1. The third-order valence-corrected chi connectivity index (χ3v) is 5.61. The number of benzene rings is 1. The number of amides is 1. The predicted molar refractivity (Wildman–Crippen MR) is 115 cm³/mol. The number of rotatable bonds is 3. The quantitative estimate of drug-likeness (QED) is 0.648. The van der Waals surface area contributed by atoms with Crippen LogP contribution >= 0.6 is 0 Å².